The number of hydrogen-bond donors (Lipinski definition) is 0. The molecule has 2 aromatic heterocycles. The summed E-state index contributed by atoms with van der Waals surface area (Å²) in [6.07, 6.45) is 0. The molecule has 10 rings (SSSR count). The number of para-hydroxylation sites is 4. The molecule has 10 aromatic rings. The number of benzene rings is 8. The standard InChI is InChI=1S/C48H32N2/c1-3-13-33(14-4-1)34-23-25-35(26-24-34)39-17-7-10-20-44(39)50-46-22-12-9-19-41(46)43-32-37(28-30-48(43)50)36-27-29-47-42(31-36)40-18-8-11-21-45(40)49(47)38-15-5-2-6-16-38/h1-32H. The first-order valence-electron chi connectivity index (χ1n) is 17.2. The summed E-state index contributed by atoms with van der Waals surface area (Å²) in [7, 11) is 0. The van der Waals surface area contributed by atoms with Crippen LogP contribution in [0.4, 0.5) is 0 Å². The summed E-state index contributed by atoms with van der Waals surface area (Å²) in [5, 5.41) is 5.02. The summed E-state index contributed by atoms with van der Waals surface area (Å²) in [4.78, 5) is 0. The van der Waals surface area contributed by atoms with E-state index in [9.17, 15) is 0 Å². The summed E-state index contributed by atoms with van der Waals surface area (Å²) in [5.74, 6) is 0. The van der Waals surface area contributed by atoms with Crippen molar-refractivity contribution in [3.8, 4) is 44.8 Å². The average Bonchev–Trinajstić information content (AvgIpc) is 3.71. The lowest BCUT2D eigenvalue weighted by Crippen LogP contribution is -1.97. The number of nitrogens with zero attached hydrogens (tertiary/aromatic N) is 2. The van der Waals surface area contributed by atoms with Gasteiger partial charge in [-0.3, -0.25) is 0 Å². The summed E-state index contributed by atoms with van der Waals surface area (Å²) >= 11 is 0. The first kappa shape index (κ1) is 28.4. The zero-order chi connectivity index (χ0) is 33.0. The van der Waals surface area contributed by atoms with Crippen LogP contribution in [0.3, 0.4) is 0 Å². The van der Waals surface area contributed by atoms with Gasteiger partial charge in [0.1, 0.15) is 0 Å². The van der Waals surface area contributed by atoms with Crippen molar-refractivity contribution in [2.45, 2.75) is 0 Å². The molecule has 2 heteroatoms. The van der Waals surface area contributed by atoms with E-state index < -0.39 is 0 Å². The van der Waals surface area contributed by atoms with E-state index in [0.717, 1.165) is 0 Å². The van der Waals surface area contributed by atoms with Crippen molar-refractivity contribution in [1.29, 1.82) is 0 Å². The quantitative estimate of drug-likeness (QED) is 0.178. The SMILES string of the molecule is c1ccc(-c2ccc(-c3ccccc3-n3c4ccccc4c4cc(-c5ccc6c(c5)c5ccccc5n6-c5ccccc5)ccc43)cc2)cc1. The molecule has 0 bridgehead atoms. The highest BCUT2D eigenvalue weighted by Gasteiger charge is 2.17. The van der Waals surface area contributed by atoms with Crippen LogP contribution < -0.4 is 0 Å². The van der Waals surface area contributed by atoms with Crippen LogP contribution in [-0.2, 0) is 0 Å². The molecule has 2 heterocycles. The van der Waals surface area contributed by atoms with Crippen LogP contribution in [-0.4, -0.2) is 9.13 Å². The van der Waals surface area contributed by atoms with Gasteiger partial charge in [0.05, 0.1) is 27.8 Å². The molecule has 0 saturated heterocycles. The van der Waals surface area contributed by atoms with Gasteiger partial charge < -0.3 is 9.13 Å². The first-order valence-corrected chi connectivity index (χ1v) is 17.2. The second-order valence-electron chi connectivity index (χ2n) is 13.0. The topological polar surface area (TPSA) is 9.86 Å². The Morgan fingerprint density at radius 2 is 0.700 bits per heavy atom. The Labute approximate surface area is 290 Å². The van der Waals surface area contributed by atoms with Crippen LogP contribution in [0.5, 0.6) is 0 Å². The van der Waals surface area contributed by atoms with Crippen LogP contribution in [0.1, 0.15) is 0 Å². The first-order chi connectivity index (χ1) is 24.8. The maximum atomic E-state index is 2.44. The molecule has 8 aromatic carbocycles. The zero-order valence-corrected chi connectivity index (χ0v) is 27.4. The van der Waals surface area contributed by atoms with Gasteiger partial charge in [-0.15, -0.1) is 0 Å². The van der Waals surface area contributed by atoms with Crippen molar-refractivity contribution in [2.24, 2.45) is 0 Å². The van der Waals surface area contributed by atoms with E-state index in [-0.39, 0.29) is 0 Å². The molecule has 0 unspecified atom stereocenters. The highest BCUT2D eigenvalue weighted by molar-refractivity contribution is 6.13. The Hall–Kier alpha value is -6.64. The summed E-state index contributed by atoms with van der Waals surface area (Å²) in [6.45, 7) is 0. The molecule has 0 fully saturated rings. The molecule has 0 atom stereocenters. The molecular formula is C48H32N2. The van der Waals surface area contributed by atoms with Gasteiger partial charge in [-0.25, -0.2) is 0 Å². The molecule has 0 N–H and O–H groups in total. The van der Waals surface area contributed by atoms with E-state index in [1.165, 1.54) is 88.4 Å². The Kier molecular flexibility index (Phi) is 6.53. The molecule has 50 heavy (non-hydrogen) atoms. The van der Waals surface area contributed by atoms with Gasteiger partial charge in [0.15, 0.2) is 0 Å². The third kappa shape index (κ3) is 4.50. The molecule has 0 aliphatic rings. The largest absolute Gasteiger partial charge is 0.309 e. The Morgan fingerprint density at radius 3 is 1.36 bits per heavy atom. The maximum absolute atomic E-state index is 2.44. The van der Waals surface area contributed by atoms with E-state index in [4.69, 9.17) is 0 Å². The average molecular weight is 637 g/mol. The third-order valence-corrected chi connectivity index (χ3v) is 10.1. The zero-order valence-electron chi connectivity index (χ0n) is 27.4. The van der Waals surface area contributed by atoms with E-state index in [0.29, 0.717) is 0 Å². The van der Waals surface area contributed by atoms with E-state index in [2.05, 4.69) is 203 Å². The highest BCUT2D eigenvalue weighted by Crippen LogP contribution is 2.40. The van der Waals surface area contributed by atoms with Gasteiger partial charge in [0, 0.05) is 32.8 Å². The fraction of sp³-hybridized carbons (Fsp3) is 0. The molecule has 0 amide bonds. The van der Waals surface area contributed by atoms with Crippen LogP contribution in [0.2, 0.25) is 0 Å². The second kappa shape index (κ2) is 11.5. The molecule has 0 radical (unpaired) electrons. The normalized spacial score (nSPS) is 11.6. The number of hydrogen-bond acceptors (Lipinski definition) is 0. The fourth-order valence-corrected chi connectivity index (χ4v) is 7.81. The predicted octanol–water partition coefficient (Wildman–Crippen LogP) is 12.9. The number of aromatic nitrogens is 2. The predicted molar refractivity (Wildman–Crippen MR) is 211 cm³/mol. The fourth-order valence-electron chi connectivity index (χ4n) is 7.81. The van der Waals surface area contributed by atoms with Crippen molar-refractivity contribution in [3.63, 3.8) is 0 Å². The van der Waals surface area contributed by atoms with E-state index in [1.807, 2.05) is 0 Å². The molecule has 2 nitrogen and oxygen atoms in total. The van der Waals surface area contributed by atoms with Gasteiger partial charge in [-0.05, 0) is 82.4 Å². The third-order valence-electron chi connectivity index (χ3n) is 10.1. The lowest BCUT2D eigenvalue weighted by Gasteiger charge is -2.14. The van der Waals surface area contributed by atoms with E-state index in [1.54, 1.807) is 0 Å². The van der Waals surface area contributed by atoms with Gasteiger partial charge in [0.2, 0.25) is 0 Å². The van der Waals surface area contributed by atoms with E-state index >= 15 is 0 Å². The van der Waals surface area contributed by atoms with Crippen molar-refractivity contribution >= 4 is 43.6 Å². The van der Waals surface area contributed by atoms with Crippen LogP contribution in [0.25, 0.3) is 88.4 Å². The minimum absolute atomic E-state index is 1.17. The summed E-state index contributed by atoms with van der Waals surface area (Å²) < 4.78 is 4.81. The summed E-state index contributed by atoms with van der Waals surface area (Å²) in [6, 6.07) is 70.4. The summed E-state index contributed by atoms with van der Waals surface area (Å²) in [5.41, 5.74) is 14.5. The van der Waals surface area contributed by atoms with Crippen molar-refractivity contribution in [3.05, 3.63) is 194 Å². The Morgan fingerprint density at radius 1 is 0.260 bits per heavy atom. The molecule has 0 saturated carbocycles. The van der Waals surface area contributed by atoms with Crippen LogP contribution in [0, 0.1) is 0 Å². The minimum Gasteiger partial charge on any atom is -0.309 e. The second-order valence-corrected chi connectivity index (χ2v) is 13.0. The molecule has 0 spiro atoms. The van der Waals surface area contributed by atoms with Gasteiger partial charge in [-0.1, -0.05) is 140 Å². The molecule has 0 aliphatic carbocycles. The van der Waals surface area contributed by atoms with Gasteiger partial charge in [0.25, 0.3) is 0 Å². The lowest BCUT2D eigenvalue weighted by atomic mass is 9.99. The monoisotopic (exact) mass is 636 g/mol. The van der Waals surface area contributed by atoms with Gasteiger partial charge >= 0.3 is 0 Å². The van der Waals surface area contributed by atoms with Crippen LogP contribution in [0.15, 0.2) is 194 Å². The van der Waals surface area contributed by atoms with Crippen LogP contribution >= 0.6 is 0 Å². The molecule has 0 aliphatic heterocycles. The van der Waals surface area contributed by atoms with Crippen molar-refractivity contribution < 1.29 is 0 Å². The van der Waals surface area contributed by atoms with Gasteiger partial charge in [-0.2, -0.15) is 0 Å². The number of rotatable bonds is 5. The lowest BCUT2D eigenvalue weighted by molar-refractivity contribution is 1.18. The highest BCUT2D eigenvalue weighted by atomic mass is 15.0. The number of fused-ring (bicyclic) bond motifs is 6. The minimum atomic E-state index is 1.17. The Bertz CT molecular complexity index is 2840. The Balaban J connectivity index is 1.12. The molecule has 234 valence electrons. The molecular weight excluding hydrogens is 605 g/mol. The van der Waals surface area contributed by atoms with Crippen molar-refractivity contribution in [2.75, 3.05) is 0 Å². The smallest absolute Gasteiger partial charge is 0.0541 e. The van der Waals surface area contributed by atoms with Crippen molar-refractivity contribution in [1.82, 2.24) is 9.13 Å². The maximum Gasteiger partial charge on any atom is 0.0541 e.